The molecular formula is C18H19BrN2. The maximum atomic E-state index is 4.15. The number of halogens is 1. The third-order valence-electron chi connectivity index (χ3n) is 4.86. The third-order valence-corrected chi connectivity index (χ3v) is 5.69. The molecule has 4 rings (SSSR count). The van der Waals surface area contributed by atoms with Crippen LogP contribution >= 0.6 is 15.9 Å². The third kappa shape index (κ3) is 1.74. The number of hydrogen-bond donors (Lipinski definition) is 0. The SMILES string of the molecule is C=C(C)n1c(Br)c2c3c(cccc31)C1=CCCN(C)C1C2. The second-order valence-electron chi connectivity index (χ2n) is 6.19. The molecule has 0 saturated carbocycles. The fraction of sp³-hybridized carbons (Fsp3) is 0.333. The van der Waals surface area contributed by atoms with Gasteiger partial charge in [0.15, 0.2) is 0 Å². The zero-order valence-electron chi connectivity index (χ0n) is 12.5. The lowest BCUT2D eigenvalue weighted by Crippen LogP contribution is -2.39. The van der Waals surface area contributed by atoms with Crippen molar-refractivity contribution in [3.63, 3.8) is 0 Å². The minimum atomic E-state index is 0.508. The van der Waals surface area contributed by atoms with Crippen LogP contribution in [0.4, 0.5) is 0 Å². The summed E-state index contributed by atoms with van der Waals surface area (Å²) in [5, 5.41) is 1.41. The highest BCUT2D eigenvalue weighted by Crippen LogP contribution is 2.44. The van der Waals surface area contributed by atoms with Crippen LogP contribution in [-0.4, -0.2) is 29.1 Å². The average Bonchev–Trinajstić information content (AvgIpc) is 2.74. The van der Waals surface area contributed by atoms with Crippen LogP contribution in [0.1, 0.15) is 24.5 Å². The van der Waals surface area contributed by atoms with Crippen molar-refractivity contribution < 1.29 is 0 Å². The highest BCUT2D eigenvalue weighted by atomic mass is 79.9. The molecule has 1 aromatic heterocycles. The summed E-state index contributed by atoms with van der Waals surface area (Å²) >= 11 is 3.82. The Labute approximate surface area is 133 Å². The van der Waals surface area contributed by atoms with E-state index in [-0.39, 0.29) is 0 Å². The van der Waals surface area contributed by atoms with Crippen molar-refractivity contribution in [2.24, 2.45) is 0 Å². The van der Waals surface area contributed by atoms with Crippen LogP contribution in [0.3, 0.4) is 0 Å². The molecule has 2 heterocycles. The lowest BCUT2D eigenvalue weighted by Gasteiger charge is -2.37. The minimum Gasteiger partial charge on any atom is -0.308 e. The molecule has 0 spiro atoms. The summed E-state index contributed by atoms with van der Waals surface area (Å²) in [6.07, 6.45) is 4.67. The Balaban J connectivity index is 2.09. The molecule has 2 aromatic rings. The molecule has 1 aliphatic carbocycles. The summed E-state index contributed by atoms with van der Waals surface area (Å²) in [4.78, 5) is 2.49. The summed E-state index contributed by atoms with van der Waals surface area (Å²) in [5.41, 5.74) is 6.68. The zero-order valence-corrected chi connectivity index (χ0v) is 14.1. The van der Waals surface area contributed by atoms with Gasteiger partial charge in [-0.2, -0.15) is 0 Å². The maximum Gasteiger partial charge on any atom is 0.0934 e. The minimum absolute atomic E-state index is 0.508. The predicted molar refractivity (Wildman–Crippen MR) is 93.4 cm³/mol. The molecule has 2 aliphatic rings. The monoisotopic (exact) mass is 342 g/mol. The summed E-state index contributed by atoms with van der Waals surface area (Å²) in [6.45, 7) is 7.37. The molecule has 0 radical (unpaired) electrons. The lowest BCUT2D eigenvalue weighted by molar-refractivity contribution is 0.281. The van der Waals surface area contributed by atoms with E-state index in [1.165, 1.54) is 32.2 Å². The molecule has 108 valence electrons. The standard InChI is InChI=1S/C18H19BrN2/c1-11(2)21-15-8-4-6-13-12-7-5-9-20(3)16(12)10-14(17(13)15)18(21)19/h4,6-8,16H,1,5,9-10H2,2-3H3. The van der Waals surface area contributed by atoms with E-state index in [4.69, 9.17) is 0 Å². The van der Waals surface area contributed by atoms with Crippen LogP contribution in [0.2, 0.25) is 0 Å². The van der Waals surface area contributed by atoms with Gasteiger partial charge in [-0.25, -0.2) is 0 Å². The Hall–Kier alpha value is -1.32. The molecule has 1 aromatic carbocycles. The molecule has 0 N–H and O–H groups in total. The zero-order chi connectivity index (χ0) is 14.7. The number of rotatable bonds is 1. The van der Waals surface area contributed by atoms with E-state index >= 15 is 0 Å². The molecule has 1 aliphatic heterocycles. The molecule has 0 saturated heterocycles. The van der Waals surface area contributed by atoms with Crippen molar-refractivity contribution in [1.82, 2.24) is 9.47 Å². The Bertz CT molecular complexity index is 797. The van der Waals surface area contributed by atoms with Gasteiger partial charge in [0.2, 0.25) is 0 Å². The van der Waals surface area contributed by atoms with Crippen molar-refractivity contribution in [3.05, 3.63) is 46.6 Å². The topological polar surface area (TPSA) is 8.17 Å². The van der Waals surface area contributed by atoms with Crippen LogP contribution in [0.15, 0.2) is 35.5 Å². The Morgan fingerprint density at radius 3 is 2.95 bits per heavy atom. The first kappa shape index (κ1) is 13.4. The largest absolute Gasteiger partial charge is 0.308 e. The molecule has 21 heavy (non-hydrogen) atoms. The summed E-state index contributed by atoms with van der Waals surface area (Å²) in [6, 6.07) is 7.16. The predicted octanol–water partition coefficient (Wildman–Crippen LogP) is 4.54. The number of aromatic nitrogens is 1. The molecule has 0 fully saturated rings. The molecular weight excluding hydrogens is 324 g/mol. The number of likely N-dealkylation sites (N-methyl/N-ethyl adjacent to an activating group) is 1. The fourth-order valence-corrected chi connectivity index (χ4v) is 4.74. The number of hydrogen-bond acceptors (Lipinski definition) is 1. The van der Waals surface area contributed by atoms with Crippen LogP contribution in [0.25, 0.3) is 22.2 Å². The van der Waals surface area contributed by atoms with Gasteiger partial charge in [-0.1, -0.05) is 24.8 Å². The highest BCUT2D eigenvalue weighted by molar-refractivity contribution is 9.10. The van der Waals surface area contributed by atoms with Gasteiger partial charge >= 0.3 is 0 Å². The first-order chi connectivity index (χ1) is 10.1. The van der Waals surface area contributed by atoms with E-state index in [1.807, 2.05) is 0 Å². The first-order valence-electron chi connectivity index (χ1n) is 7.48. The van der Waals surface area contributed by atoms with E-state index in [9.17, 15) is 0 Å². The van der Waals surface area contributed by atoms with Gasteiger partial charge in [0, 0.05) is 23.7 Å². The maximum absolute atomic E-state index is 4.15. The Morgan fingerprint density at radius 1 is 1.38 bits per heavy atom. The normalized spacial score (nSPS) is 21.3. The molecule has 0 bridgehead atoms. The molecule has 0 amide bonds. The smallest absolute Gasteiger partial charge is 0.0934 e. The molecule has 1 unspecified atom stereocenters. The lowest BCUT2D eigenvalue weighted by atomic mass is 9.82. The van der Waals surface area contributed by atoms with Crippen molar-refractivity contribution in [1.29, 1.82) is 0 Å². The van der Waals surface area contributed by atoms with Crippen molar-refractivity contribution >= 4 is 38.1 Å². The van der Waals surface area contributed by atoms with Gasteiger partial charge < -0.3 is 4.57 Å². The van der Waals surface area contributed by atoms with Crippen LogP contribution in [0, 0.1) is 0 Å². The van der Waals surface area contributed by atoms with Crippen molar-refractivity contribution in [2.75, 3.05) is 13.6 Å². The average molecular weight is 343 g/mol. The summed E-state index contributed by atoms with van der Waals surface area (Å²) in [5.74, 6) is 0. The van der Waals surface area contributed by atoms with E-state index in [0.717, 1.165) is 25.1 Å². The summed E-state index contributed by atoms with van der Waals surface area (Å²) < 4.78 is 3.42. The van der Waals surface area contributed by atoms with Gasteiger partial charge in [-0.3, -0.25) is 4.90 Å². The molecule has 3 heteroatoms. The van der Waals surface area contributed by atoms with Crippen molar-refractivity contribution in [3.8, 4) is 0 Å². The quantitative estimate of drug-likeness (QED) is 0.738. The number of benzene rings is 1. The Morgan fingerprint density at radius 2 is 2.19 bits per heavy atom. The van der Waals surface area contributed by atoms with E-state index in [0.29, 0.717) is 6.04 Å². The highest BCUT2D eigenvalue weighted by Gasteiger charge is 2.33. The molecule has 2 nitrogen and oxygen atoms in total. The number of nitrogens with zero attached hydrogens (tertiary/aromatic N) is 2. The van der Waals surface area contributed by atoms with Gasteiger partial charge in [0.05, 0.1) is 10.1 Å². The van der Waals surface area contributed by atoms with Gasteiger partial charge in [0.1, 0.15) is 0 Å². The second kappa shape index (κ2) is 4.59. The van der Waals surface area contributed by atoms with E-state index < -0.39 is 0 Å². The van der Waals surface area contributed by atoms with Gasteiger partial charge in [-0.15, -0.1) is 0 Å². The van der Waals surface area contributed by atoms with Crippen LogP contribution in [0.5, 0.6) is 0 Å². The molecule has 1 atom stereocenters. The fourth-order valence-electron chi connectivity index (χ4n) is 3.89. The van der Waals surface area contributed by atoms with Crippen LogP contribution in [-0.2, 0) is 6.42 Å². The first-order valence-corrected chi connectivity index (χ1v) is 8.27. The number of allylic oxidation sites excluding steroid dienone is 1. The van der Waals surface area contributed by atoms with Gasteiger partial charge in [0.25, 0.3) is 0 Å². The van der Waals surface area contributed by atoms with Gasteiger partial charge in [-0.05, 0) is 65.5 Å². The van der Waals surface area contributed by atoms with E-state index in [1.54, 1.807) is 0 Å². The van der Waals surface area contributed by atoms with Crippen molar-refractivity contribution in [2.45, 2.75) is 25.8 Å². The van der Waals surface area contributed by atoms with E-state index in [2.05, 4.69) is 70.2 Å². The Kier molecular flexibility index (Phi) is 2.92. The summed E-state index contributed by atoms with van der Waals surface area (Å²) in [7, 11) is 2.24. The number of fused-ring (bicyclic) bond motifs is 2. The second-order valence-corrected chi connectivity index (χ2v) is 6.94. The van der Waals surface area contributed by atoms with Crippen LogP contribution < -0.4 is 0 Å².